The van der Waals surface area contributed by atoms with Gasteiger partial charge in [0, 0.05) is 24.6 Å². The molecule has 0 unspecified atom stereocenters. The van der Waals surface area contributed by atoms with Crippen LogP contribution in [0.3, 0.4) is 0 Å². The van der Waals surface area contributed by atoms with Gasteiger partial charge in [-0.15, -0.1) is 0 Å². The van der Waals surface area contributed by atoms with Crippen molar-refractivity contribution in [2.24, 2.45) is 0 Å². The Balaban J connectivity index is 1.73. The number of hydrogen-bond donors (Lipinski definition) is 1. The summed E-state index contributed by atoms with van der Waals surface area (Å²) < 4.78 is 10.8. The molecule has 2 aromatic rings. The van der Waals surface area contributed by atoms with Crippen LogP contribution in [0.1, 0.15) is 29.2 Å². The Morgan fingerprint density at radius 3 is 3.00 bits per heavy atom. The average Bonchev–Trinajstić information content (AvgIpc) is 2.59. The first-order chi connectivity index (χ1) is 10.8. The van der Waals surface area contributed by atoms with Crippen LogP contribution < -0.4 is 14.8 Å². The van der Waals surface area contributed by atoms with Crippen molar-refractivity contribution < 1.29 is 9.47 Å². The first-order valence-electron chi connectivity index (χ1n) is 7.34. The second-order valence-electron chi connectivity index (χ2n) is 5.25. The second kappa shape index (κ2) is 6.50. The Morgan fingerprint density at radius 1 is 1.32 bits per heavy atom. The first-order valence-corrected chi connectivity index (χ1v) is 7.34. The fraction of sp³-hybridized carbons (Fsp3) is 0.278. The molecule has 0 saturated heterocycles. The number of hydrogen-bond acceptors (Lipinski definition) is 4. The van der Waals surface area contributed by atoms with Crippen LogP contribution in [0.5, 0.6) is 11.5 Å². The molecule has 0 aromatic heterocycles. The molecule has 4 nitrogen and oxygen atoms in total. The molecule has 0 radical (unpaired) electrons. The van der Waals surface area contributed by atoms with Gasteiger partial charge in [-0.25, -0.2) is 0 Å². The highest BCUT2D eigenvalue weighted by Gasteiger charge is 2.20. The monoisotopic (exact) mass is 294 g/mol. The fourth-order valence-corrected chi connectivity index (χ4v) is 2.75. The number of methoxy groups -OCH3 is 1. The van der Waals surface area contributed by atoms with Crippen molar-refractivity contribution in [1.29, 1.82) is 5.26 Å². The molecule has 3 rings (SSSR count). The standard InChI is InChI=1S/C18H18N2O2/c1-21-17-7-6-13(10-14(17)11-19)12-20-16-8-9-22-18-5-3-2-4-15(16)18/h2-7,10,16,20H,8-9,12H2,1H3/t16-/m1/s1. The van der Waals surface area contributed by atoms with Crippen molar-refractivity contribution >= 4 is 0 Å². The van der Waals surface area contributed by atoms with Crippen molar-refractivity contribution in [3.63, 3.8) is 0 Å². The smallest absolute Gasteiger partial charge is 0.136 e. The van der Waals surface area contributed by atoms with Crippen LogP contribution in [0.25, 0.3) is 0 Å². The van der Waals surface area contributed by atoms with Crippen LogP contribution in [0.4, 0.5) is 0 Å². The third-order valence-corrected chi connectivity index (χ3v) is 3.90. The van der Waals surface area contributed by atoms with Gasteiger partial charge in [-0.3, -0.25) is 0 Å². The minimum absolute atomic E-state index is 0.276. The topological polar surface area (TPSA) is 54.3 Å². The lowest BCUT2D eigenvalue weighted by Crippen LogP contribution is -2.26. The fourth-order valence-electron chi connectivity index (χ4n) is 2.75. The largest absolute Gasteiger partial charge is 0.495 e. The highest BCUT2D eigenvalue weighted by atomic mass is 16.5. The lowest BCUT2D eigenvalue weighted by Gasteiger charge is -2.26. The maximum atomic E-state index is 9.15. The molecule has 1 atom stereocenters. The maximum Gasteiger partial charge on any atom is 0.136 e. The summed E-state index contributed by atoms with van der Waals surface area (Å²) in [7, 11) is 1.58. The SMILES string of the molecule is COc1ccc(CN[C@@H]2CCOc3ccccc32)cc1C#N. The van der Waals surface area contributed by atoms with E-state index in [0.717, 1.165) is 24.3 Å². The summed E-state index contributed by atoms with van der Waals surface area (Å²) in [6, 6.07) is 16.3. The lowest BCUT2D eigenvalue weighted by molar-refractivity contribution is 0.252. The molecule has 1 N–H and O–H groups in total. The van der Waals surface area contributed by atoms with Crippen molar-refractivity contribution in [1.82, 2.24) is 5.32 Å². The van der Waals surface area contributed by atoms with Crippen LogP contribution in [0.2, 0.25) is 0 Å². The van der Waals surface area contributed by atoms with Crippen LogP contribution in [-0.2, 0) is 6.54 Å². The highest BCUT2D eigenvalue weighted by Crippen LogP contribution is 2.31. The summed E-state index contributed by atoms with van der Waals surface area (Å²) in [5.74, 6) is 1.57. The summed E-state index contributed by atoms with van der Waals surface area (Å²) in [5.41, 5.74) is 2.83. The molecule has 1 aliphatic rings. The van der Waals surface area contributed by atoms with Gasteiger partial charge in [-0.05, 0) is 23.8 Å². The Hall–Kier alpha value is -2.51. The van der Waals surface area contributed by atoms with Crippen LogP contribution in [0, 0.1) is 11.3 Å². The van der Waals surface area contributed by atoms with Gasteiger partial charge in [0.1, 0.15) is 17.6 Å². The molecule has 112 valence electrons. The van der Waals surface area contributed by atoms with Gasteiger partial charge in [0.05, 0.1) is 19.3 Å². The van der Waals surface area contributed by atoms with E-state index in [1.54, 1.807) is 7.11 Å². The van der Waals surface area contributed by atoms with E-state index in [1.165, 1.54) is 5.56 Å². The summed E-state index contributed by atoms with van der Waals surface area (Å²) >= 11 is 0. The molecule has 2 aromatic carbocycles. The summed E-state index contributed by atoms with van der Waals surface area (Å²) in [6.07, 6.45) is 0.943. The van der Waals surface area contributed by atoms with E-state index in [0.29, 0.717) is 17.9 Å². The van der Waals surface area contributed by atoms with Gasteiger partial charge in [-0.1, -0.05) is 24.3 Å². The van der Waals surface area contributed by atoms with E-state index >= 15 is 0 Å². The zero-order valence-corrected chi connectivity index (χ0v) is 12.5. The van der Waals surface area contributed by atoms with Gasteiger partial charge in [-0.2, -0.15) is 5.26 Å². The zero-order valence-electron chi connectivity index (χ0n) is 12.5. The number of ether oxygens (including phenoxy) is 2. The van der Waals surface area contributed by atoms with E-state index in [-0.39, 0.29) is 6.04 Å². The summed E-state index contributed by atoms with van der Waals surface area (Å²) in [4.78, 5) is 0. The number of nitrogens with one attached hydrogen (secondary N) is 1. The molecule has 4 heteroatoms. The van der Waals surface area contributed by atoms with E-state index in [9.17, 15) is 0 Å². The van der Waals surface area contributed by atoms with Gasteiger partial charge in [0.2, 0.25) is 0 Å². The molecular weight excluding hydrogens is 276 g/mol. The quantitative estimate of drug-likeness (QED) is 0.941. The average molecular weight is 294 g/mol. The van der Waals surface area contributed by atoms with E-state index in [1.807, 2.05) is 36.4 Å². The first kappa shape index (κ1) is 14.4. The lowest BCUT2D eigenvalue weighted by atomic mass is 10.00. The third-order valence-electron chi connectivity index (χ3n) is 3.90. The predicted octanol–water partition coefficient (Wildman–Crippen LogP) is 3.18. The number of nitriles is 1. The summed E-state index contributed by atoms with van der Waals surface area (Å²) in [6.45, 7) is 1.43. The zero-order chi connectivity index (χ0) is 15.4. The number of benzene rings is 2. The van der Waals surface area contributed by atoms with E-state index < -0.39 is 0 Å². The summed E-state index contributed by atoms with van der Waals surface area (Å²) in [5, 5.41) is 12.7. The minimum atomic E-state index is 0.276. The highest BCUT2D eigenvalue weighted by molar-refractivity contribution is 5.45. The molecule has 22 heavy (non-hydrogen) atoms. The Kier molecular flexibility index (Phi) is 4.27. The predicted molar refractivity (Wildman–Crippen MR) is 83.8 cm³/mol. The molecule has 0 aliphatic carbocycles. The molecule has 0 amide bonds. The van der Waals surface area contributed by atoms with E-state index in [4.69, 9.17) is 14.7 Å². The second-order valence-corrected chi connectivity index (χ2v) is 5.25. The Labute approximate surface area is 130 Å². The van der Waals surface area contributed by atoms with Crippen molar-refractivity contribution in [2.75, 3.05) is 13.7 Å². The van der Waals surface area contributed by atoms with Gasteiger partial charge >= 0.3 is 0 Å². The van der Waals surface area contributed by atoms with Crippen molar-refractivity contribution in [3.8, 4) is 17.6 Å². The van der Waals surface area contributed by atoms with Gasteiger partial charge < -0.3 is 14.8 Å². The Bertz CT molecular complexity index is 706. The number of para-hydroxylation sites is 1. The number of nitrogens with zero attached hydrogens (tertiary/aromatic N) is 1. The van der Waals surface area contributed by atoms with Crippen molar-refractivity contribution in [2.45, 2.75) is 19.0 Å². The molecule has 1 heterocycles. The van der Waals surface area contributed by atoms with E-state index in [2.05, 4.69) is 17.5 Å². The van der Waals surface area contributed by atoms with Crippen LogP contribution >= 0.6 is 0 Å². The minimum Gasteiger partial charge on any atom is -0.495 e. The molecule has 0 bridgehead atoms. The molecule has 0 spiro atoms. The number of fused-ring (bicyclic) bond motifs is 1. The molecular formula is C18H18N2O2. The Morgan fingerprint density at radius 2 is 2.18 bits per heavy atom. The van der Waals surface area contributed by atoms with Crippen LogP contribution in [-0.4, -0.2) is 13.7 Å². The maximum absolute atomic E-state index is 9.15. The molecule has 0 fully saturated rings. The molecule has 1 aliphatic heterocycles. The third kappa shape index (κ3) is 2.90. The molecule has 0 saturated carbocycles. The van der Waals surface area contributed by atoms with Crippen LogP contribution in [0.15, 0.2) is 42.5 Å². The normalized spacial score (nSPS) is 16.3. The van der Waals surface area contributed by atoms with Crippen molar-refractivity contribution in [3.05, 3.63) is 59.2 Å². The van der Waals surface area contributed by atoms with Gasteiger partial charge in [0.15, 0.2) is 0 Å². The van der Waals surface area contributed by atoms with Gasteiger partial charge in [0.25, 0.3) is 0 Å². The number of rotatable bonds is 4.